The summed E-state index contributed by atoms with van der Waals surface area (Å²) in [6, 6.07) is 8.19. The van der Waals surface area contributed by atoms with Crippen LogP contribution in [0.1, 0.15) is 74.7 Å². The molecule has 0 unspecified atom stereocenters. The lowest BCUT2D eigenvalue weighted by Crippen LogP contribution is -2.67. The Morgan fingerprint density at radius 3 is 1.96 bits per heavy atom. The van der Waals surface area contributed by atoms with Crippen LogP contribution in [0.2, 0.25) is 36.3 Å². The highest BCUT2D eigenvalue weighted by Gasteiger charge is 2.58. The van der Waals surface area contributed by atoms with Crippen molar-refractivity contribution in [3.8, 4) is 0 Å². The molecule has 14 heteroatoms. The van der Waals surface area contributed by atoms with Gasteiger partial charge in [0.2, 0.25) is 0 Å². The number of esters is 1. The first-order valence-corrected chi connectivity index (χ1v) is 25.1. The Morgan fingerprint density at radius 1 is 0.940 bits per heavy atom. The van der Waals surface area contributed by atoms with Crippen LogP contribution in [0, 0.1) is 11.8 Å². The van der Waals surface area contributed by atoms with Gasteiger partial charge in [-0.2, -0.15) is 0 Å². The van der Waals surface area contributed by atoms with Crippen LogP contribution in [-0.2, 0) is 37.7 Å². The van der Waals surface area contributed by atoms with Gasteiger partial charge < -0.3 is 38.4 Å². The number of benzene rings is 1. The Labute approximate surface area is 303 Å². The number of methoxy groups -OCH3 is 2. The van der Waals surface area contributed by atoms with Crippen LogP contribution < -0.4 is 0 Å². The zero-order valence-corrected chi connectivity index (χ0v) is 35.7. The summed E-state index contributed by atoms with van der Waals surface area (Å²) in [6.07, 6.45) is -6.88. The van der Waals surface area contributed by atoms with E-state index in [2.05, 4.69) is 67.7 Å². The Kier molecular flexibility index (Phi) is 15.2. The Balaban J connectivity index is 2.47. The van der Waals surface area contributed by atoms with Crippen LogP contribution in [-0.4, -0.2) is 109 Å². The molecule has 3 N–H and O–H groups in total. The standard InChI is InChI=1S/C36H66O11SSi2/c1-24-29(23-31(38)44-10)45-36(40,25(2)32(24)47-50(13,14)35(6,7)8)33(39)27(37)22-30(43-9)28(46-49(11,12)34(3,4)5)20-21-48(41,42)26-18-16-15-17-19-26/h15-19,24-25,27-30,32-33,37,39-40H,20-23H2,1-14H3/t24-,25+,27-,28-,29+,30-,32-,33+,36+/m0/s1. The lowest BCUT2D eigenvalue weighted by Gasteiger charge is -2.54. The first-order chi connectivity index (χ1) is 22.6. The molecule has 1 aromatic rings. The molecule has 1 saturated heterocycles. The maximum atomic E-state index is 13.3. The smallest absolute Gasteiger partial charge is 0.308 e. The number of hydrogen-bond donors (Lipinski definition) is 3. The van der Waals surface area contributed by atoms with Crippen molar-refractivity contribution in [2.45, 2.75) is 158 Å². The second-order valence-corrected chi connectivity index (χ2v) is 28.7. The van der Waals surface area contributed by atoms with Crippen LogP contribution >= 0.6 is 0 Å². The van der Waals surface area contributed by atoms with Crippen molar-refractivity contribution in [3.05, 3.63) is 30.3 Å². The van der Waals surface area contributed by atoms with E-state index in [0.717, 1.165) is 0 Å². The van der Waals surface area contributed by atoms with Gasteiger partial charge in [-0.25, -0.2) is 8.42 Å². The van der Waals surface area contributed by atoms with Crippen LogP contribution in [0.25, 0.3) is 0 Å². The first-order valence-electron chi connectivity index (χ1n) is 17.6. The number of sulfone groups is 1. The summed E-state index contributed by atoms with van der Waals surface area (Å²) in [4.78, 5) is 12.6. The summed E-state index contributed by atoms with van der Waals surface area (Å²) in [5, 5.41) is 35.2. The van der Waals surface area contributed by atoms with Gasteiger partial charge in [0.15, 0.2) is 32.3 Å². The zero-order valence-electron chi connectivity index (χ0n) is 32.8. The SMILES string of the molecule is COC(=O)C[C@H]1O[C@@](O)([C@H](O)[C@@H](O)C[C@H](OC)[C@H](CCS(=O)(=O)c2ccccc2)O[Si](C)(C)C(C)(C)C)[C@H](C)[C@@H](O[Si](C)(C)C(C)(C)C)[C@H]1C. The lowest BCUT2D eigenvalue weighted by molar-refractivity contribution is -0.358. The molecule has 0 amide bonds. The van der Waals surface area contributed by atoms with E-state index in [1.54, 1.807) is 37.3 Å². The van der Waals surface area contributed by atoms with E-state index in [1.165, 1.54) is 14.2 Å². The molecule has 0 aliphatic carbocycles. The molecule has 9 atom stereocenters. The molecule has 290 valence electrons. The van der Waals surface area contributed by atoms with Crippen LogP contribution in [0.5, 0.6) is 0 Å². The number of aliphatic hydroxyl groups is 3. The molecule has 0 bridgehead atoms. The highest BCUT2D eigenvalue weighted by atomic mass is 32.2. The van der Waals surface area contributed by atoms with Crippen molar-refractivity contribution in [1.82, 2.24) is 0 Å². The van der Waals surface area contributed by atoms with Gasteiger partial charge in [0.25, 0.3) is 0 Å². The number of carbonyl (C=O) groups excluding carboxylic acids is 1. The largest absolute Gasteiger partial charge is 0.469 e. The summed E-state index contributed by atoms with van der Waals surface area (Å²) < 4.78 is 57.1. The molecule has 1 heterocycles. The van der Waals surface area contributed by atoms with Gasteiger partial charge in [-0.05, 0) is 54.8 Å². The number of hydrogen-bond acceptors (Lipinski definition) is 11. The van der Waals surface area contributed by atoms with E-state index < -0.39 is 80.8 Å². The first kappa shape index (κ1) is 45.0. The minimum Gasteiger partial charge on any atom is -0.469 e. The van der Waals surface area contributed by atoms with E-state index in [9.17, 15) is 28.5 Å². The summed E-state index contributed by atoms with van der Waals surface area (Å²) in [7, 11) is -5.86. The van der Waals surface area contributed by atoms with Gasteiger partial charge in [-0.15, -0.1) is 0 Å². The summed E-state index contributed by atoms with van der Waals surface area (Å²) in [5.41, 5.74) is 0. The van der Waals surface area contributed by atoms with Gasteiger partial charge in [-0.1, -0.05) is 73.6 Å². The van der Waals surface area contributed by atoms with E-state index in [4.69, 9.17) is 23.1 Å². The lowest BCUT2D eigenvalue weighted by atomic mass is 9.76. The number of aliphatic hydroxyl groups excluding tert-OH is 2. The van der Waals surface area contributed by atoms with Crippen molar-refractivity contribution >= 4 is 32.4 Å². The fraction of sp³-hybridized carbons (Fsp3) is 0.806. The Bertz CT molecular complexity index is 1340. The van der Waals surface area contributed by atoms with Crippen LogP contribution in [0.4, 0.5) is 0 Å². The summed E-state index contributed by atoms with van der Waals surface area (Å²) in [6.45, 7) is 24.4. The molecule has 50 heavy (non-hydrogen) atoms. The third-order valence-corrected chi connectivity index (χ3v) is 22.2. The van der Waals surface area contributed by atoms with Crippen molar-refractivity contribution in [2.24, 2.45) is 11.8 Å². The fourth-order valence-corrected chi connectivity index (χ4v) is 10.0. The molecule has 1 aromatic carbocycles. The molecule has 0 spiro atoms. The van der Waals surface area contributed by atoms with Crippen LogP contribution in [0.3, 0.4) is 0 Å². The molecular weight excluding hydrogens is 697 g/mol. The van der Waals surface area contributed by atoms with Gasteiger partial charge in [-0.3, -0.25) is 4.79 Å². The van der Waals surface area contributed by atoms with Gasteiger partial charge in [0, 0.05) is 25.4 Å². The predicted octanol–water partition coefficient (Wildman–Crippen LogP) is 5.68. The highest BCUT2D eigenvalue weighted by Crippen LogP contribution is 2.46. The highest BCUT2D eigenvalue weighted by molar-refractivity contribution is 7.91. The summed E-state index contributed by atoms with van der Waals surface area (Å²) >= 11 is 0. The third-order valence-electron chi connectivity index (χ3n) is 11.4. The second kappa shape index (κ2) is 16.9. The fourth-order valence-electron chi connectivity index (χ4n) is 5.84. The normalized spacial score (nSPS) is 26.6. The van der Waals surface area contributed by atoms with E-state index >= 15 is 0 Å². The molecule has 1 aliphatic heterocycles. The van der Waals surface area contributed by atoms with E-state index in [-0.39, 0.29) is 45.9 Å². The Morgan fingerprint density at radius 2 is 1.48 bits per heavy atom. The third kappa shape index (κ3) is 10.7. The Hall–Kier alpha value is -1.21. The maximum absolute atomic E-state index is 13.3. The minimum atomic E-state index is -3.66. The van der Waals surface area contributed by atoms with Gasteiger partial charge in [0.1, 0.15) is 6.10 Å². The van der Waals surface area contributed by atoms with Gasteiger partial charge in [0.05, 0.1) is 54.7 Å². The molecule has 2 rings (SSSR count). The minimum absolute atomic E-state index is 0.0728. The molecular formula is C36H66O11SSi2. The molecule has 0 saturated carbocycles. The van der Waals surface area contributed by atoms with Crippen molar-refractivity contribution in [2.75, 3.05) is 20.0 Å². The number of rotatable bonds is 16. The predicted molar refractivity (Wildman–Crippen MR) is 199 cm³/mol. The molecule has 0 radical (unpaired) electrons. The maximum Gasteiger partial charge on any atom is 0.308 e. The monoisotopic (exact) mass is 762 g/mol. The van der Waals surface area contributed by atoms with Crippen molar-refractivity contribution < 1.29 is 51.6 Å². The topological polar surface area (TPSA) is 158 Å². The molecule has 11 nitrogen and oxygen atoms in total. The molecule has 1 aliphatic rings. The zero-order chi connectivity index (χ0) is 38.7. The summed E-state index contributed by atoms with van der Waals surface area (Å²) in [5.74, 6) is -4.26. The quantitative estimate of drug-likeness (QED) is 0.141. The van der Waals surface area contributed by atoms with Crippen LogP contribution in [0.15, 0.2) is 35.2 Å². The average Bonchev–Trinajstić information content (AvgIpc) is 3.01. The molecule has 0 aromatic heterocycles. The van der Waals surface area contributed by atoms with Crippen molar-refractivity contribution in [1.29, 1.82) is 0 Å². The van der Waals surface area contributed by atoms with E-state index in [0.29, 0.717) is 0 Å². The van der Waals surface area contributed by atoms with Gasteiger partial charge >= 0.3 is 5.97 Å². The second-order valence-electron chi connectivity index (χ2n) is 17.0. The average molecular weight is 763 g/mol. The van der Waals surface area contributed by atoms with Crippen molar-refractivity contribution in [3.63, 3.8) is 0 Å². The number of ether oxygens (including phenoxy) is 3. The van der Waals surface area contributed by atoms with E-state index in [1.807, 2.05) is 6.92 Å². The number of carbonyl (C=O) groups is 1. The molecule has 1 fully saturated rings.